The summed E-state index contributed by atoms with van der Waals surface area (Å²) in [5.41, 5.74) is 3.32. The van der Waals surface area contributed by atoms with Crippen LogP contribution in [0.5, 0.6) is 5.75 Å². The van der Waals surface area contributed by atoms with Crippen LogP contribution in [-0.4, -0.2) is 66.4 Å². The lowest BCUT2D eigenvalue weighted by atomic mass is 10.1. The number of aromatic nitrogens is 1. The summed E-state index contributed by atoms with van der Waals surface area (Å²) in [5.74, 6) is 0.629. The van der Waals surface area contributed by atoms with Crippen LogP contribution in [0.2, 0.25) is 0 Å². The fourth-order valence-electron chi connectivity index (χ4n) is 3.93. The average molecular weight is 465 g/mol. The minimum Gasteiger partial charge on any atom is -0.496 e. The van der Waals surface area contributed by atoms with Gasteiger partial charge < -0.3 is 15.0 Å². The number of hydrogen-bond donors (Lipinski definition) is 1. The molecular formula is C25H28N4O3S. The molecule has 0 aliphatic carbocycles. The van der Waals surface area contributed by atoms with E-state index in [9.17, 15) is 9.59 Å². The second-order valence-electron chi connectivity index (χ2n) is 7.87. The van der Waals surface area contributed by atoms with Crippen LogP contribution in [0.25, 0.3) is 10.6 Å². The van der Waals surface area contributed by atoms with Gasteiger partial charge in [0.2, 0.25) is 5.91 Å². The lowest BCUT2D eigenvalue weighted by molar-refractivity contribution is -0.117. The highest BCUT2D eigenvalue weighted by Gasteiger charge is 2.25. The minimum absolute atomic E-state index is 0.0309. The number of nitrogens with one attached hydrogen (secondary N) is 1. The van der Waals surface area contributed by atoms with Gasteiger partial charge in [-0.15, -0.1) is 11.3 Å². The number of benzene rings is 2. The number of piperazine rings is 1. The van der Waals surface area contributed by atoms with Crippen molar-refractivity contribution in [2.45, 2.75) is 13.3 Å². The summed E-state index contributed by atoms with van der Waals surface area (Å²) in [6, 6.07) is 15.5. The van der Waals surface area contributed by atoms with E-state index in [2.05, 4.69) is 22.1 Å². The van der Waals surface area contributed by atoms with Gasteiger partial charge in [-0.25, -0.2) is 4.98 Å². The minimum atomic E-state index is -0.0756. The van der Waals surface area contributed by atoms with E-state index in [4.69, 9.17) is 4.74 Å². The molecular weight excluding hydrogens is 436 g/mol. The predicted octanol–water partition coefficient (Wildman–Crippen LogP) is 3.78. The van der Waals surface area contributed by atoms with E-state index in [1.807, 2.05) is 53.4 Å². The Kier molecular flexibility index (Phi) is 7.36. The van der Waals surface area contributed by atoms with Gasteiger partial charge in [0.25, 0.3) is 5.91 Å². The SMILES string of the molecule is CCc1ccccc1NC(=O)CN1CCN(C(=O)c2csc(-c3ccccc3OC)n2)CC1. The smallest absolute Gasteiger partial charge is 0.273 e. The fourth-order valence-corrected chi connectivity index (χ4v) is 4.75. The lowest BCUT2D eigenvalue weighted by Gasteiger charge is -2.34. The monoisotopic (exact) mass is 464 g/mol. The van der Waals surface area contributed by atoms with Crippen LogP contribution in [0.1, 0.15) is 23.0 Å². The molecule has 1 N–H and O–H groups in total. The van der Waals surface area contributed by atoms with Crippen LogP contribution < -0.4 is 10.1 Å². The predicted molar refractivity (Wildman–Crippen MR) is 131 cm³/mol. The van der Waals surface area contributed by atoms with E-state index in [-0.39, 0.29) is 11.8 Å². The molecule has 7 nitrogen and oxygen atoms in total. The Morgan fingerprint density at radius 3 is 2.55 bits per heavy atom. The molecule has 0 atom stereocenters. The number of nitrogens with zero attached hydrogens (tertiary/aromatic N) is 3. The Balaban J connectivity index is 1.31. The van der Waals surface area contributed by atoms with Crippen molar-refractivity contribution in [2.75, 3.05) is 45.2 Å². The molecule has 2 aromatic carbocycles. The molecule has 1 saturated heterocycles. The van der Waals surface area contributed by atoms with Crippen LogP contribution in [0.15, 0.2) is 53.9 Å². The van der Waals surface area contributed by atoms with Crippen molar-refractivity contribution in [1.82, 2.24) is 14.8 Å². The van der Waals surface area contributed by atoms with Crippen LogP contribution >= 0.6 is 11.3 Å². The first kappa shape index (κ1) is 22.9. The van der Waals surface area contributed by atoms with Gasteiger partial charge in [0, 0.05) is 37.2 Å². The Bertz CT molecular complexity index is 1120. The summed E-state index contributed by atoms with van der Waals surface area (Å²) < 4.78 is 5.41. The molecule has 0 unspecified atom stereocenters. The van der Waals surface area contributed by atoms with Crippen LogP contribution in [0.4, 0.5) is 5.69 Å². The number of amides is 2. The third-order valence-electron chi connectivity index (χ3n) is 5.76. The van der Waals surface area contributed by atoms with E-state index in [1.54, 1.807) is 12.5 Å². The first-order valence-electron chi connectivity index (χ1n) is 11.1. The Hall–Kier alpha value is -3.23. The molecule has 0 bridgehead atoms. The maximum Gasteiger partial charge on any atom is 0.273 e. The maximum absolute atomic E-state index is 13.0. The fraction of sp³-hybridized carbons (Fsp3) is 0.320. The van der Waals surface area contributed by atoms with Gasteiger partial charge in [0.15, 0.2) is 0 Å². The largest absolute Gasteiger partial charge is 0.496 e. The molecule has 2 amide bonds. The third-order valence-corrected chi connectivity index (χ3v) is 6.64. The number of carbonyl (C=O) groups excluding carboxylic acids is 2. The van der Waals surface area contributed by atoms with Gasteiger partial charge in [-0.05, 0) is 30.2 Å². The van der Waals surface area contributed by atoms with Crippen molar-refractivity contribution in [2.24, 2.45) is 0 Å². The van der Waals surface area contributed by atoms with Crippen molar-refractivity contribution >= 4 is 28.8 Å². The van der Waals surface area contributed by atoms with Gasteiger partial charge in [-0.1, -0.05) is 37.3 Å². The molecule has 172 valence electrons. The zero-order valence-electron chi connectivity index (χ0n) is 18.9. The zero-order valence-corrected chi connectivity index (χ0v) is 19.7. The molecule has 1 fully saturated rings. The van der Waals surface area contributed by atoms with E-state index >= 15 is 0 Å². The quantitative estimate of drug-likeness (QED) is 0.576. The van der Waals surface area contributed by atoms with Crippen LogP contribution in [-0.2, 0) is 11.2 Å². The molecule has 2 heterocycles. The molecule has 0 spiro atoms. The van der Waals surface area contributed by atoms with Gasteiger partial charge in [0.1, 0.15) is 16.5 Å². The van der Waals surface area contributed by atoms with E-state index in [0.717, 1.165) is 34.0 Å². The molecule has 8 heteroatoms. The Morgan fingerprint density at radius 2 is 1.79 bits per heavy atom. The number of para-hydroxylation sites is 2. The Labute approximate surface area is 198 Å². The van der Waals surface area contributed by atoms with Crippen LogP contribution in [0, 0.1) is 0 Å². The standard InChI is InChI=1S/C25H28N4O3S/c1-3-18-8-4-6-10-20(18)26-23(30)16-28-12-14-29(15-13-28)25(31)21-17-33-24(27-21)19-9-5-7-11-22(19)32-2/h4-11,17H,3,12-16H2,1-2H3,(H,26,30). The summed E-state index contributed by atoms with van der Waals surface area (Å²) in [6.45, 7) is 4.83. The zero-order chi connectivity index (χ0) is 23.2. The number of anilines is 1. The topological polar surface area (TPSA) is 74.8 Å². The van der Waals surface area contributed by atoms with Crippen molar-refractivity contribution in [3.05, 3.63) is 65.2 Å². The summed E-state index contributed by atoms with van der Waals surface area (Å²) in [7, 11) is 1.63. The normalized spacial score (nSPS) is 14.2. The molecule has 1 aliphatic rings. The number of carbonyl (C=O) groups is 2. The van der Waals surface area contributed by atoms with Gasteiger partial charge >= 0.3 is 0 Å². The van der Waals surface area contributed by atoms with E-state index < -0.39 is 0 Å². The average Bonchev–Trinajstić information content (AvgIpc) is 3.34. The highest BCUT2D eigenvalue weighted by Crippen LogP contribution is 2.32. The van der Waals surface area contributed by atoms with Crippen molar-refractivity contribution < 1.29 is 14.3 Å². The number of aryl methyl sites for hydroxylation is 1. The first-order valence-corrected chi connectivity index (χ1v) is 11.9. The molecule has 3 aromatic rings. The highest BCUT2D eigenvalue weighted by atomic mass is 32.1. The van der Waals surface area contributed by atoms with Gasteiger partial charge in [-0.3, -0.25) is 14.5 Å². The molecule has 4 rings (SSSR count). The van der Waals surface area contributed by atoms with Crippen molar-refractivity contribution in [3.63, 3.8) is 0 Å². The number of ether oxygens (including phenoxy) is 1. The van der Waals surface area contributed by atoms with Crippen molar-refractivity contribution in [3.8, 4) is 16.3 Å². The van der Waals surface area contributed by atoms with Crippen LogP contribution in [0.3, 0.4) is 0 Å². The maximum atomic E-state index is 13.0. The number of methoxy groups -OCH3 is 1. The third kappa shape index (κ3) is 5.40. The summed E-state index contributed by atoms with van der Waals surface area (Å²) in [5, 5.41) is 5.58. The molecule has 33 heavy (non-hydrogen) atoms. The number of hydrogen-bond acceptors (Lipinski definition) is 6. The summed E-state index contributed by atoms with van der Waals surface area (Å²) >= 11 is 1.44. The molecule has 1 aromatic heterocycles. The lowest BCUT2D eigenvalue weighted by Crippen LogP contribution is -2.50. The highest BCUT2D eigenvalue weighted by molar-refractivity contribution is 7.13. The number of rotatable bonds is 7. The van der Waals surface area contributed by atoms with Gasteiger partial charge in [0.05, 0.1) is 19.2 Å². The second kappa shape index (κ2) is 10.6. The Morgan fingerprint density at radius 1 is 1.06 bits per heavy atom. The number of thiazole rings is 1. The molecule has 0 radical (unpaired) electrons. The molecule has 0 saturated carbocycles. The van der Waals surface area contributed by atoms with Gasteiger partial charge in [-0.2, -0.15) is 0 Å². The summed E-state index contributed by atoms with van der Waals surface area (Å²) in [4.78, 5) is 34.0. The second-order valence-corrected chi connectivity index (χ2v) is 8.72. The van der Waals surface area contributed by atoms with Crippen molar-refractivity contribution in [1.29, 1.82) is 0 Å². The van der Waals surface area contributed by atoms with E-state index in [1.165, 1.54) is 11.3 Å². The summed E-state index contributed by atoms with van der Waals surface area (Å²) in [6.07, 6.45) is 0.868. The molecule has 1 aliphatic heterocycles. The first-order chi connectivity index (χ1) is 16.1. The van der Waals surface area contributed by atoms with E-state index in [0.29, 0.717) is 38.4 Å².